The highest BCUT2D eigenvalue weighted by atomic mass is 16.4. The first kappa shape index (κ1) is 19.2. The van der Waals surface area contributed by atoms with Crippen molar-refractivity contribution in [1.82, 2.24) is 16.0 Å². The molecule has 0 heterocycles. The van der Waals surface area contributed by atoms with Gasteiger partial charge in [0.1, 0.15) is 6.04 Å². The highest BCUT2D eigenvalue weighted by molar-refractivity contribution is 5.86. The number of aliphatic carboxylic acids is 1. The van der Waals surface area contributed by atoms with Gasteiger partial charge in [-0.3, -0.25) is 9.59 Å². The van der Waals surface area contributed by atoms with E-state index in [1.807, 2.05) is 27.7 Å². The molecule has 0 bridgehead atoms. The van der Waals surface area contributed by atoms with Crippen LogP contribution in [0.15, 0.2) is 0 Å². The quantitative estimate of drug-likeness (QED) is 0.535. The lowest BCUT2D eigenvalue weighted by Crippen LogP contribution is -2.52. The summed E-state index contributed by atoms with van der Waals surface area (Å²) in [7, 11) is 0. The van der Waals surface area contributed by atoms with Gasteiger partial charge in [0.2, 0.25) is 5.91 Å². The third-order valence-corrected chi connectivity index (χ3v) is 2.94. The molecule has 0 radical (unpaired) electrons. The van der Waals surface area contributed by atoms with E-state index in [9.17, 15) is 14.4 Å². The Balaban J connectivity index is 4.33. The van der Waals surface area contributed by atoms with Crippen molar-refractivity contribution in [3.63, 3.8) is 0 Å². The van der Waals surface area contributed by atoms with Gasteiger partial charge in [0.15, 0.2) is 0 Å². The van der Waals surface area contributed by atoms with Crippen molar-refractivity contribution in [2.24, 2.45) is 11.8 Å². The first-order chi connectivity index (χ1) is 9.63. The van der Waals surface area contributed by atoms with E-state index in [2.05, 4.69) is 16.0 Å². The van der Waals surface area contributed by atoms with E-state index in [-0.39, 0.29) is 18.2 Å². The van der Waals surface area contributed by atoms with E-state index in [1.165, 1.54) is 0 Å². The number of carbonyl (C=O) groups excluding carboxylic acids is 2. The average Bonchev–Trinajstić information content (AvgIpc) is 2.33. The van der Waals surface area contributed by atoms with E-state index in [4.69, 9.17) is 5.11 Å². The van der Waals surface area contributed by atoms with Gasteiger partial charge in [-0.15, -0.1) is 0 Å². The normalized spacial score (nSPS) is 13.7. The van der Waals surface area contributed by atoms with Crippen LogP contribution in [0.2, 0.25) is 0 Å². The zero-order valence-electron chi connectivity index (χ0n) is 13.4. The monoisotopic (exact) mass is 301 g/mol. The van der Waals surface area contributed by atoms with Crippen molar-refractivity contribution < 1.29 is 19.5 Å². The summed E-state index contributed by atoms with van der Waals surface area (Å²) in [5, 5.41) is 16.6. The van der Waals surface area contributed by atoms with Gasteiger partial charge in [0, 0.05) is 12.6 Å². The molecular weight excluding hydrogens is 274 g/mol. The summed E-state index contributed by atoms with van der Waals surface area (Å²) in [6.45, 7) is 9.73. The maximum atomic E-state index is 11.8. The van der Waals surface area contributed by atoms with Crippen LogP contribution in [-0.4, -0.2) is 41.6 Å². The number of carboxylic acid groups (broad SMARTS) is 1. The summed E-state index contributed by atoms with van der Waals surface area (Å²) in [6.07, 6.45) is -0.154. The first-order valence-corrected chi connectivity index (χ1v) is 7.20. The molecule has 122 valence electrons. The van der Waals surface area contributed by atoms with Crippen molar-refractivity contribution in [3.05, 3.63) is 0 Å². The molecule has 7 heteroatoms. The number of urea groups is 1. The average molecular weight is 301 g/mol. The third-order valence-electron chi connectivity index (χ3n) is 2.94. The number of carboxylic acids is 1. The predicted octanol–water partition coefficient (Wildman–Crippen LogP) is 0.946. The summed E-state index contributed by atoms with van der Waals surface area (Å²) in [6, 6.07) is -1.70. The van der Waals surface area contributed by atoms with Crippen LogP contribution >= 0.6 is 0 Å². The fraction of sp³-hybridized carbons (Fsp3) is 0.786. The molecule has 0 rings (SSSR count). The predicted molar refractivity (Wildman–Crippen MR) is 79.9 cm³/mol. The van der Waals surface area contributed by atoms with E-state index >= 15 is 0 Å². The van der Waals surface area contributed by atoms with Crippen molar-refractivity contribution >= 4 is 17.9 Å². The lowest BCUT2D eigenvalue weighted by molar-refractivity contribution is -0.137. The largest absolute Gasteiger partial charge is 0.481 e. The standard InChI is InChI=1S/C14H27N3O4/c1-8(2)7-15-13(20)10(5)16-14(21)17-11(9(3)4)6-12(18)19/h8-11H,6-7H2,1-5H3,(H,15,20)(H,18,19)(H2,16,17,21). The number of hydrogen-bond donors (Lipinski definition) is 4. The molecule has 4 N–H and O–H groups in total. The van der Waals surface area contributed by atoms with Gasteiger partial charge in [0.05, 0.1) is 6.42 Å². The molecule has 0 saturated heterocycles. The molecule has 0 aliphatic rings. The number of nitrogens with one attached hydrogen (secondary N) is 3. The minimum absolute atomic E-state index is 0.0167. The molecule has 0 fully saturated rings. The molecule has 0 aromatic heterocycles. The SMILES string of the molecule is CC(C)CNC(=O)C(C)NC(=O)NC(CC(=O)O)C(C)C. The van der Waals surface area contributed by atoms with Crippen LogP contribution in [0.1, 0.15) is 41.0 Å². The third kappa shape index (κ3) is 8.88. The van der Waals surface area contributed by atoms with Crippen molar-refractivity contribution in [1.29, 1.82) is 0 Å². The molecule has 7 nitrogen and oxygen atoms in total. The Labute approximate surface area is 125 Å². The fourth-order valence-electron chi connectivity index (χ4n) is 1.57. The molecule has 0 saturated carbocycles. The molecule has 2 atom stereocenters. The molecule has 0 aromatic rings. The molecule has 0 aliphatic carbocycles. The van der Waals surface area contributed by atoms with E-state index in [1.54, 1.807) is 6.92 Å². The Morgan fingerprint density at radius 3 is 2.00 bits per heavy atom. The zero-order chi connectivity index (χ0) is 16.6. The highest BCUT2D eigenvalue weighted by Gasteiger charge is 2.21. The molecule has 3 amide bonds. The van der Waals surface area contributed by atoms with Crippen LogP contribution in [0.4, 0.5) is 4.79 Å². The van der Waals surface area contributed by atoms with Crippen molar-refractivity contribution in [2.75, 3.05) is 6.54 Å². The van der Waals surface area contributed by atoms with Crippen molar-refractivity contribution in [2.45, 2.75) is 53.1 Å². The Morgan fingerprint density at radius 1 is 1.00 bits per heavy atom. The molecule has 0 spiro atoms. The Kier molecular flexibility index (Phi) is 8.42. The number of rotatable bonds is 8. The van der Waals surface area contributed by atoms with Crippen LogP contribution in [0.3, 0.4) is 0 Å². The summed E-state index contributed by atoms with van der Waals surface area (Å²) < 4.78 is 0. The number of hydrogen-bond acceptors (Lipinski definition) is 3. The molecule has 2 unspecified atom stereocenters. The van der Waals surface area contributed by atoms with Gasteiger partial charge in [-0.1, -0.05) is 27.7 Å². The van der Waals surface area contributed by atoms with Gasteiger partial charge in [-0.25, -0.2) is 4.79 Å². The van der Waals surface area contributed by atoms with Crippen LogP contribution in [0.5, 0.6) is 0 Å². The number of carbonyl (C=O) groups is 3. The second kappa shape index (κ2) is 9.20. The topological polar surface area (TPSA) is 108 Å². The van der Waals surface area contributed by atoms with Crippen molar-refractivity contribution in [3.8, 4) is 0 Å². The summed E-state index contributed by atoms with van der Waals surface area (Å²) in [4.78, 5) is 34.3. The molecule has 0 aliphatic heterocycles. The van der Waals surface area contributed by atoms with Crippen LogP contribution in [0.25, 0.3) is 0 Å². The Bertz CT molecular complexity index is 369. The molecule has 21 heavy (non-hydrogen) atoms. The maximum Gasteiger partial charge on any atom is 0.315 e. The minimum atomic E-state index is -0.975. The summed E-state index contributed by atoms with van der Waals surface area (Å²) in [5.74, 6) is -0.928. The van der Waals surface area contributed by atoms with Gasteiger partial charge < -0.3 is 21.1 Å². The van der Waals surface area contributed by atoms with Gasteiger partial charge >= 0.3 is 12.0 Å². The molecule has 0 aromatic carbocycles. The van der Waals surface area contributed by atoms with E-state index in [0.717, 1.165) is 0 Å². The van der Waals surface area contributed by atoms with Crippen LogP contribution in [0, 0.1) is 11.8 Å². The Morgan fingerprint density at radius 2 is 1.57 bits per heavy atom. The maximum absolute atomic E-state index is 11.8. The second-order valence-corrected chi connectivity index (χ2v) is 5.93. The summed E-state index contributed by atoms with van der Waals surface area (Å²) >= 11 is 0. The molecular formula is C14H27N3O4. The lowest BCUT2D eigenvalue weighted by atomic mass is 10.0. The smallest absolute Gasteiger partial charge is 0.315 e. The van der Waals surface area contributed by atoms with Gasteiger partial charge in [-0.2, -0.15) is 0 Å². The second-order valence-electron chi connectivity index (χ2n) is 5.93. The lowest BCUT2D eigenvalue weighted by Gasteiger charge is -2.22. The highest BCUT2D eigenvalue weighted by Crippen LogP contribution is 2.05. The van der Waals surface area contributed by atoms with Crippen LogP contribution < -0.4 is 16.0 Å². The Hall–Kier alpha value is -1.79. The first-order valence-electron chi connectivity index (χ1n) is 7.20. The zero-order valence-corrected chi connectivity index (χ0v) is 13.4. The van der Waals surface area contributed by atoms with Gasteiger partial charge in [0.25, 0.3) is 0 Å². The number of amides is 3. The van der Waals surface area contributed by atoms with Crippen LogP contribution in [-0.2, 0) is 9.59 Å². The van der Waals surface area contributed by atoms with Gasteiger partial charge in [-0.05, 0) is 18.8 Å². The van der Waals surface area contributed by atoms with E-state index < -0.39 is 24.1 Å². The minimum Gasteiger partial charge on any atom is -0.481 e. The fourth-order valence-corrected chi connectivity index (χ4v) is 1.57. The van der Waals surface area contributed by atoms with E-state index in [0.29, 0.717) is 12.5 Å². The summed E-state index contributed by atoms with van der Waals surface area (Å²) in [5.41, 5.74) is 0.